The van der Waals surface area contributed by atoms with Gasteiger partial charge in [-0.2, -0.15) is 0 Å². The lowest BCUT2D eigenvalue weighted by Gasteiger charge is -2.36. The van der Waals surface area contributed by atoms with Crippen LogP contribution in [0, 0.1) is 17.5 Å². The fourth-order valence-electron chi connectivity index (χ4n) is 3.91. The van der Waals surface area contributed by atoms with E-state index in [1.165, 1.54) is 18.2 Å². The highest BCUT2D eigenvalue weighted by Crippen LogP contribution is 2.45. The van der Waals surface area contributed by atoms with Crippen LogP contribution in [-0.4, -0.2) is 23.4 Å². The zero-order valence-electron chi connectivity index (χ0n) is 15.5. The number of carbonyl (C=O) groups is 1. The van der Waals surface area contributed by atoms with Crippen LogP contribution in [-0.2, 0) is 4.79 Å². The standard InChI is InChI=1S/C22H21F3N2O/c1-2-17(28)11-26-16-7-13(8-16)20-18-9-15(24)10-19(25)22(18)27-21(20)12-3-5-14(23)6-4-12/h3-6,9-10,13,16,26-27H,2,7-8,11H2,1H3. The Bertz CT molecular complexity index is 1020. The number of nitrogens with one attached hydrogen (secondary N) is 2. The molecule has 4 rings (SSSR count). The van der Waals surface area contributed by atoms with Gasteiger partial charge in [0.05, 0.1) is 17.8 Å². The second-order valence-corrected chi connectivity index (χ2v) is 7.37. The van der Waals surface area contributed by atoms with Crippen LogP contribution in [0.1, 0.15) is 37.7 Å². The molecule has 0 bridgehead atoms. The second kappa shape index (κ2) is 7.43. The molecule has 1 aliphatic carbocycles. The molecular weight excluding hydrogens is 365 g/mol. The summed E-state index contributed by atoms with van der Waals surface area (Å²) in [6.07, 6.45) is 2.05. The first-order chi connectivity index (χ1) is 13.5. The van der Waals surface area contributed by atoms with Gasteiger partial charge in [0.1, 0.15) is 23.2 Å². The average Bonchev–Trinajstić information content (AvgIpc) is 3.00. The Morgan fingerprint density at radius 2 is 1.82 bits per heavy atom. The van der Waals surface area contributed by atoms with Gasteiger partial charge in [0.25, 0.3) is 0 Å². The molecule has 1 heterocycles. The van der Waals surface area contributed by atoms with E-state index in [9.17, 15) is 18.0 Å². The third-order valence-electron chi connectivity index (χ3n) is 5.53. The molecule has 0 aliphatic heterocycles. The van der Waals surface area contributed by atoms with Crippen molar-refractivity contribution in [2.75, 3.05) is 6.54 Å². The molecule has 1 aromatic heterocycles. The van der Waals surface area contributed by atoms with Crippen molar-refractivity contribution in [2.24, 2.45) is 0 Å². The van der Waals surface area contributed by atoms with E-state index in [4.69, 9.17) is 0 Å². The number of aromatic amines is 1. The number of Topliss-reactive ketones (excluding diaryl/α,β-unsaturated/α-hetero) is 1. The largest absolute Gasteiger partial charge is 0.352 e. The van der Waals surface area contributed by atoms with Crippen LogP contribution in [0.2, 0.25) is 0 Å². The number of aromatic nitrogens is 1. The Hall–Kier alpha value is -2.60. The van der Waals surface area contributed by atoms with Crippen molar-refractivity contribution in [1.29, 1.82) is 0 Å². The van der Waals surface area contributed by atoms with Crippen LogP contribution >= 0.6 is 0 Å². The van der Waals surface area contributed by atoms with Crippen molar-refractivity contribution in [3.8, 4) is 11.3 Å². The number of benzene rings is 2. The van der Waals surface area contributed by atoms with E-state index in [-0.39, 0.29) is 29.1 Å². The van der Waals surface area contributed by atoms with Crippen LogP contribution < -0.4 is 5.32 Å². The van der Waals surface area contributed by atoms with Gasteiger partial charge in [-0.3, -0.25) is 4.79 Å². The molecule has 6 heteroatoms. The first-order valence-electron chi connectivity index (χ1n) is 9.48. The molecule has 0 atom stereocenters. The highest BCUT2D eigenvalue weighted by Gasteiger charge is 2.34. The van der Waals surface area contributed by atoms with Crippen LogP contribution in [0.15, 0.2) is 36.4 Å². The Morgan fingerprint density at radius 3 is 2.50 bits per heavy atom. The minimum absolute atomic E-state index is 0.101. The van der Waals surface area contributed by atoms with Crippen LogP contribution in [0.4, 0.5) is 13.2 Å². The quantitative estimate of drug-likeness (QED) is 0.621. The summed E-state index contributed by atoms with van der Waals surface area (Å²) >= 11 is 0. The molecule has 1 fully saturated rings. The smallest absolute Gasteiger partial charge is 0.150 e. The lowest BCUT2D eigenvalue weighted by atomic mass is 9.74. The number of fused-ring (bicyclic) bond motifs is 1. The molecule has 3 nitrogen and oxygen atoms in total. The van der Waals surface area contributed by atoms with Gasteiger partial charge in [-0.25, -0.2) is 13.2 Å². The van der Waals surface area contributed by atoms with E-state index in [2.05, 4.69) is 10.3 Å². The minimum Gasteiger partial charge on any atom is -0.352 e. The van der Waals surface area contributed by atoms with Crippen LogP contribution in [0.25, 0.3) is 22.2 Å². The Kier molecular flexibility index (Phi) is 4.98. The number of halogens is 3. The molecule has 0 unspecified atom stereocenters. The van der Waals surface area contributed by atoms with Crippen LogP contribution in [0.3, 0.4) is 0 Å². The lowest BCUT2D eigenvalue weighted by molar-refractivity contribution is -0.118. The normalized spacial score (nSPS) is 19.0. The predicted octanol–water partition coefficient (Wildman–Crippen LogP) is 5.07. The summed E-state index contributed by atoms with van der Waals surface area (Å²) in [7, 11) is 0. The zero-order chi connectivity index (χ0) is 19.8. The number of carbonyl (C=O) groups excluding carboxylic acids is 1. The van der Waals surface area contributed by atoms with Gasteiger partial charge < -0.3 is 10.3 Å². The summed E-state index contributed by atoms with van der Waals surface area (Å²) in [5, 5.41) is 3.76. The molecule has 0 radical (unpaired) electrons. The average molecular weight is 386 g/mol. The Balaban J connectivity index is 1.69. The third-order valence-corrected chi connectivity index (χ3v) is 5.53. The fourth-order valence-corrected chi connectivity index (χ4v) is 3.91. The highest BCUT2D eigenvalue weighted by atomic mass is 19.1. The number of hydrogen-bond acceptors (Lipinski definition) is 2. The number of hydrogen-bond donors (Lipinski definition) is 2. The fraction of sp³-hybridized carbons (Fsp3) is 0.318. The van der Waals surface area contributed by atoms with Gasteiger partial charge >= 0.3 is 0 Å². The number of rotatable bonds is 6. The Morgan fingerprint density at radius 1 is 1.11 bits per heavy atom. The van der Waals surface area contributed by atoms with Gasteiger partial charge in [-0.1, -0.05) is 6.92 Å². The molecule has 28 heavy (non-hydrogen) atoms. The summed E-state index contributed by atoms with van der Waals surface area (Å²) in [4.78, 5) is 14.6. The van der Waals surface area contributed by atoms with Gasteiger partial charge in [0.15, 0.2) is 0 Å². The van der Waals surface area contributed by atoms with Crippen molar-refractivity contribution < 1.29 is 18.0 Å². The molecule has 3 aromatic rings. The molecular formula is C22H21F3N2O. The highest BCUT2D eigenvalue weighted by molar-refractivity contribution is 5.92. The van der Waals surface area contributed by atoms with E-state index < -0.39 is 11.6 Å². The SMILES string of the molecule is CCC(=O)CNC1CC(c2c(-c3ccc(F)cc3)[nH]c3c(F)cc(F)cc23)C1. The van der Waals surface area contributed by atoms with E-state index in [1.807, 2.05) is 6.92 Å². The summed E-state index contributed by atoms with van der Waals surface area (Å²) in [6, 6.07) is 8.37. The summed E-state index contributed by atoms with van der Waals surface area (Å²) in [5.41, 5.74) is 2.52. The molecule has 146 valence electrons. The van der Waals surface area contributed by atoms with Crippen molar-refractivity contribution in [2.45, 2.75) is 38.1 Å². The molecule has 2 aromatic carbocycles. The van der Waals surface area contributed by atoms with E-state index in [0.717, 1.165) is 30.0 Å². The number of ketones is 1. The topological polar surface area (TPSA) is 44.9 Å². The monoisotopic (exact) mass is 386 g/mol. The summed E-state index contributed by atoms with van der Waals surface area (Å²) in [6.45, 7) is 2.17. The minimum atomic E-state index is -0.646. The summed E-state index contributed by atoms with van der Waals surface area (Å²) < 4.78 is 41.6. The molecule has 0 amide bonds. The van der Waals surface area contributed by atoms with E-state index in [0.29, 0.717) is 24.0 Å². The lowest BCUT2D eigenvalue weighted by Crippen LogP contribution is -2.42. The van der Waals surface area contributed by atoms with Crippen molar-refractivity contribution in [1.82, 2.24) is 10.3 Å². The molecule has 0 saturated heterocycles. The first kappa shape index (κ1) is 18.7. The summed E-state index contributed by atoms with van der Waals surface area (Å²) in [5.74, 6) is -1.37. The van der Waals surface area contributed by atoms with Crippen molar-refractivity contribution in [3.63, 3.8) is 0 Å². The maximum atomic E-state index is 14.3. The molecule has 1 saturated carbocycles. The van der Waals surface area contributed by atoms with Gasteiger partial charge in [-0.15, -0.1) is 0 Å². The maximum absolute atomic E-state index is 14.3. The number of H-pyrrole nitrogens is 1. The Labute approximate surface area is 161 Å². The van der Waals surface area contributed by atoms with Gasteiger partial charge in [-0.05, 0) is 60.2 Å². The van der Waals surface area contributed by atoms with E-state index >= 15 is 0 Å². The maximum Gasteiger partial charge on any atom is 0.150 e. The van der Waals surface area contributed by atoms with Gasteiger partial charge in [0.2, 0.25) is 0 Å². The molecule has 0 spiro atoms. The zero-order valence-corrected chi connectivity index (χ0v) is 15.5. The van der Waals surface area contributed by atoms with Crippen molar-refractivity contribution >= 4 is 16.7 Å². The van der Waals surface area contributed by atoms with E-state index in [1.54, 1.807) is 12.1 Å². The van der Waals surface area contributed by atoms with Gasteiger partial charge in [0, 0.05) is 23.9 Å². The third kappa shape index (κ3) is 3.44. The molecule has 1 aliphatic rings. The molecule has 2 N–H and O–H groups in total. The van der Waals surface area contributed by atoms with Crippen molar-refractivity contribution in [3.05, 3.63) is 59.4 Å². The first-order valence-corrected chi connectivity index (χ1v) is 9.48. The predicted molar refractivity (Wildman–Crippen MR) is 103 cm³/mol. The second-order valence-electron chi connectivity index (χ2n) is 7.37. The van der Waals surface area contributed by atoms with Crippen LogP contribution in [0.5, 0.6) is 0 Å².